The molecule has 1 aromatic heterocycles. The number of carbonyl (C=O) groups is 1. The van der Waals surface area contributed by atoms with Crippen LogP contribution in [-0.2, 0) is 4.74 Å². The zero-order valence-corrected chi connectivity index (χ0v) is 14.6. The predicted molar refractivity (Wildman–Crippen MR) is 95.6 cm³/mol. The maximum Gasteiger partial charge on any atom is 0.271 e. The maximum atomic E-state index is 12.2. The molecular weight excluding hydrogens is 334 g/mol. The van der Waals surface area contributed by atoms with Crippen molar-refractivity contribution >= 4 is 11.7 Å². The topological polar surface area (TPSA) is 118 Å². The van der Waals surface area contributed by atoms with E-state index in [-0.39, 0.29) is 17.7 Å². The zero-order valence-electron chi connectivity index (χ0n) is 14.6. The van der Waals surface area contributed by atoms with Crippen LogP contribution in [0.4, 0.5) is 5.82 Å². The SMILES string of the molecule is C#CCCC1(CCNC(=O)c2cnc(N3CCOC(CN)C3)cn2)N=N1. The summed E-state index contributed by atoms with van der Waals surface area (Å²) in [5.74, 6) is 3.03. The average Bonchev–Trinajstić information content (AvgIpc) is 3.46. The molecular formula is C17H23N7O2. The smallest absolute Gasteiger partial charge is 0.271 e. The van der Waals surface area contributed by atoms with Gasteiger partial charge in [0.15, 0.2) is 5.66 Å². The van der Waals surface area contributed by atoms with Crippen LogP contribution in [0.2, 0.25) is 0 Å². The van der Waals surface area contributed by atoms with E-state index in [1.807, 2.05) is 0 Å². The highest BCUT2D eigenvalue weighted by Crippen LogP contribution is 2.36. The molecule has 1 aromatic rings. The number of anilines is 1. The number of hydrogen-bond donors (Lipinski definition) is 2. The van der Waals surface area contributed by atoms with Crippen molar-refractivity contribution < 1.29 is 9.53 Å². The molecule has 3 rings (SSSR count). The average molecular weight is 357 g/mol. The lowest BCUT2D eigenvalue weighted by atomic mass is 10.0. The molecule has 1 saturated heterocycles. The third-order valence-electron chi connectivity index (χ3n) is 4.46. The largest absolute Gasteiger partial charge is 0.373 e. The maximum absolute atomic E-state index is 12.2. The first kappa shape index (κ1) is 18.2. The summed E-state index contributed by atoms with van der Waals surface area (Å²) in [6.45, 7) is 2.92. The number of terminal acetylenes is 1. The highest BCUT2D eigenvalue weighted by Gasteiger charge is 2.38. The van der Waals surface area contributed by atoms with Crippen molar-refractivity contribution in [1.29, 1.82) is 0 Å². The summed E-state index contributed by atoms with van der Waals surface area (Å²) >= 11 is 0. The van der Waals surface area contributed by atoms with Crippen molar-refractivity contribution in [3.05, 3.63) is 18.1 Å². The van der Waals surface area contributed by atoms with Crippen molar-refractivity contribution in [3.63, 3.8) is 0 Å². The van der Waals surface area contributed by atoms with Gasteiger partial charge in [-0.1, -0.05) is 0 Å². The van der Waals surface area contributed by atoms with Crippen LogP contribution < -0.4 is 16.0 Å². The van der Waals surface area contributed by atoms with E-state index in [9.17, 15) is 4.79 Å². The Balaban J connectivity index is 1.47. The number of rotatable bonds is 8. The number of carbonyl (C=O) groups excluding carboxylic acids is 1. The second-order valence-electron chi connectivity index (χ2n) is 6.33. The fourth-order valence-corrected chi connectivity index (χ4v) is 2.81. The van der Waals surface area contributed by atoms with E-state index in [4.69, 9.17) is 16.9 Å². The molecule has 138 valence electrons. The van der Waals surface area contributed by atoms with Crippen LogP contribution in [-0.4, -0.2) is 60.4 Å². The van der Waals surface area contributed by atoms with Gasteiger partial charge in [-0.15, -0.1) is 12.3 Å². The third-order valence-corrected chi connectivity index (χ3v) is 4.46. The summed E-state index contributed by atoms with van der Waals surface area (Å²) in [7, 11) is 0. The van der Waals surface area contributed by atoms with Gasteiger partial charge in [0.2, 0.25) is 0 Å². The highest BCUT2D eigenvalue weighted by molar-refractivity contribution is 5.92. The molecule has 3 heterocycles. The molecule has 0 aliphatic carbocycles. The lowest BCUT2D eigenvalue weighted by Crippen LogP contribution is -2.46. The first-order valence-corrected chi connectivity index (χ1v) is 8.70. The van der Waals surface area contributed by atoms with Gasteiger partial charge in [0, 0.05) is 45.4 Å². The van der Waals surface area contributed by atoms with E-state index < -0.39 is 5.66 Å². The summed E-state index contributed by atoms with van der Waals surface area (Å²) in [6.07, 6.45) is 10.3. The third kappa shape index (κ3) is 4.53. The Morgan fingerprint density at radius 2 is 2.27 bits per heavy atom. The second-order valence-corrected chi connectivity index (χ2v) is 6.33. The molecule has 0 spiro atoms. The van der Waals surface area contributed by atoms with Gasteiger partial charge in [0.1, 0.15) is 11.5 Å². The number of nitrogens with one attached hydrogen (secondary N) is 1. The van der Waals surface area contributed by atoms with Gasteiger partial charge in [0.25, 0.3) is 5.91 Å². The van der Waals surface area contributed by atoms with Crippen LogP contribution in [0.25, 0.3) is 0 Å². The van der Waals surface area contributed by atoms with E-state index in [1.54, 1.807) is 6.20 Å². The van der Waals surface area contributed by atoms with Crippen LogP contribution >= 0.6 is 0 Å². The van der Waals surface area contributed by atoms with Crippen molar-refractivity contribution in [2.24, 2.45) is 16.0 Å². The Kier molecular flexibility index (Phi) is 5.75. The lowest BCUT2D eigenvalue weighted by molar-refractivity contribution is 0.0462. The first-order valence-electron chi connectivity index (χ1n) is 8.70. The number of nitrogens with two attached hydrogens (primary N) is 1. The summed E-state index contributed by atoms with van der Waals surface area (Å²) in [4.78, 5) is 22.8. The number of amides is 1. The van der Waals surface area contributed by atoms with Gasteiger partial charge < -0.3 is 20.7 Å². The molecule has 9 nitrogen and oxygen atoms in total. The van der Waals surface area contributed by atoms with Gasteiger partial charge in [-0.3, -0.25) is 4.79 Å². The second kappa shape index (κ2) is 8.21. The van der Waals surface area contributed by atoms with Gasteiger partial charge >= 0.3 is 0 Å². The minimum Gasteiger partial charge on any atom is -0.373 e. The summed E-state index contributed by atoms with van der Waals surface area (Å²) in [5, 5.41) is 10.9. The zero-order chi connectivity index (χ0) is 18.4. The summed E-state index contributed by atoms with van der Waals surface area (Å²) < 4.78 is 5.54. The molecule has 2 aliphatic heterocycles. The molecule has 3 N–H and O–H groups in total. The van der Waals surface area contributed by atoms with Crippen LogP contribution in [0.15, 0.2) is 22.6 Å². The number of ether oxygens (including phenoxy) is 1. The Labute approximate surface area is 152 Å². The van der Waals surface area contributed by atoms with Crippen LogP contribution in [0, 0.1) is 12.3 Å². The number of morpholine rings is 1. The van der Waals surface area contributed by atoms with E-state index in [2.05, 4.69) is 36.3 Å². The van der Waals surface area contributed by atoms with Gasteiger partial charge in [-0.05, 0) is 0 Å². The Bertz CT molecular complexity index is 692. The number of aromatic nitrogens is 2. The predicted octanol–water partition coefficient (Wildman–Crippen LogP) is 0.336. The molecule has 0 radical (unpaired) electrons. The number of hydrogen-bond acceptors (Lipinski definition) is 8. The van der Waals surface area contributed by atoms with Gasteiger partial charge in [-0.25, -0.2) is 9.97 Å². The molecule has 1 unspecified atom stereocenters. The van der Waals surface area contributed by atoms with E-state index in [1.165, 1.54) is 6.20 Å². The van der Waals surface area contributed by atoms with Crippen molar-refractivity contribution in [2.45, 2.75) is 31.0 Å². The molecule has 2 aliphatic rings. The number of nitrogens with zero attached hydrogens (tertiary/aromatic N) is 5. The minimum absolute atomic E-state index is 0.00595. The molecule has 1 fully saturated rings. The standard InChI is InChI=1S/C17H23N7O2/c1-2-3-4-17(22-23-17)5-6-19-16(25)14-10-21-15(11-20-14)24-7-8-26-13(9-18)12-24/h1,10-11,13H,3-9,12,18H2,(H,19,25). The minimum atomic E-state index is -0.398. The van der Waals surface area contributed by atoms with Crippen LogP contribution in [0.3, 0.4) is 0 Å². The highest BCUT2D eigenvalue weighted by atomic mass is 16.5. The van der Waals surface area contributed by atoms with Crippen molar-refractivity contribution in [1.82, 2.24) is 15.3 Å². The van der Waals surface area contributed by atoms with E-state index in [0.717, 1.165) is 13.0 Å². The monoisotopic (exact) mass is 357 g/mol. The first-order chi connectivity index (χ1) is 12.7. The Morgan fingerprint density at radius 1 is 1.42 bits per heavy atom. The summed E-state index contributed by atoms with van der Waals surface area (Å²) in [6, 6.07) is 0. The van der Waals surface area contributed by atoms with E-state index in [0.29, 0.717) is 44.9 Å². The van der Waals surface area contributed by atoms with Gasteiger partial charge in [-0.2, -0.15) is 10.2 Å². The molecule has 0 bridgehead atoms. The molecule has 1 amide bonds. The van der Waals surface area contributed by atoms with Gasteiger partial charge in [0.05, 0.1) is 25.1 Å². The summed E-state index contributed by atoms with van der Waals surface area (Å²) in [5.41, 5.74) is 5.53. The fourth-order valence-electron chi connectivity index (χ4n) is 2.81. The van der Waals surface area contributed by atoms with Crippen LogP contribution in [0.5, 0.6) is 0 Å². The molecule has 9 heteroatoms. The van der Waals surface area contributed by atoms with Crippen molar-refractivity contribution in [3.8, 4) is 12.3 Å². The van der Waals surface area contributed by atoms with Crippen molar-refractivity contribution in [2.75, 3.05) is 37.7 Å². The normalized spacial score (nSPS) is 20.5. The molecule has 1 atom stereocenters. The quantitative estimate of drug-likeness (QED) is 0.648. The molecule has 0 saturated carbocycles. The van der Waals surface area contributed by atoms with E-state index >= 15 is 0 Å². The van der Waals surface area contributed by atoms with Crippen LogP contribution in [0.1, 0.15) is 29.8 Å². The lowest BCUT2D eigenvalue weighted by Gasteiger charge is -2.32. The molecule has 0 aromatic carbocycles. The Hall–Kier alpha value is -2.57. The fraction of sp³-hybridized carbons (Fsp3) is 0.588. The Morgan fingerprint density at radius 3 is 2.92 bits per heavy atom. The molecule has 26 heavy (non-hydrogen) atoms.